The van der Waals surface area contributed by atoms with E-state index in [0.29, 0.717) is 16.8 Å². The Morgan fingerprint density at radius 3 is 2.59 bits per heavy atom. The fourth-order valence-corrected chi connectivity index (χ4v) is 2.38. The molecule has 1 atom stereocenters. The number of ketones is 1. The Labute approximate surface area is 165 Å². The van der Waals surface area contributed by atoms with E-state index in [0.717, 1.165) is 0 Å². The Bertz CT molecular complexity index is 841. The number of hydrogen-bond acceptors (Lipinski definition) is 6. The first-order valence-electron chi connectivity index (χ1n) is 8.60. The number of methoxy groups -OCH3 is 1. The van der Waals surface area contributed by atoms with Crippen molar-refractivity contribution in [1.29, 1.82) is 0 Å². The summed E-state index contributed by atoms with van der Waals surface area (Å²) in [6, 6.07) is 5.39. The standard InChI is InChI=1S/C19H20F3N3O4/c1-12(14-3-4-17(24-9-14)29-11-19(20,21)22)25-18(27)13-5-6-23-15(7-13)8-16(26)10-28-2/h3-7,9,12H,8,10-11H2,1-2H3,(H,25,27). The van der Waals surface area contributed by atoms with E-state index < -0.39 is 24.7 Å². The van der Waals surface area contributed by atoms with Gasteiger partial charge in [-0.05, 0) is 24.6 Å². The molecule has 29 heavy (non-hydrogen) atoms. The summed E-state index contributed by atoms with van der Waals surface area (Å²) in [6.45, 7) is 0.239. The molecule has 0 spiro atoms. The number of carbonyl (C=O) groups is 2. The number of nitrogens with one attached hydrogen (secondary N) is 1. The van der Waals surface area contributed by atoms with E-state index in [2.05, 4.69) is 20.0 Å². The molecule has 0 aliphatic heterocycles. The lowest BCUT2D eigenvalue weighted by molar-refractivity contribution is -0.154. The first-order chi connectivity index (χ1) is 13.7. The Morgan fingerprint density at radius 2 is 1.97 bits per heavy atom. The third-order valence-electron chi connectivity index (χ3n) is 3.75. The highest BCUT2D eigenvalue weighted by molar-refractivity contribution is 5.94. The normalized spacial score (nSPS) is 12.3. The number of hydrogen-bond donors (Lipinski definition) is 1. The number of carbonyl (C=O) groups excluding carboxylic acids is 2. The molecule has 156 valence electrons. The molecule has 1 N–H and O–H groups in total. The number of ether oxygens (including phenoxy) is 2. The summed E-state index contributed by atoms with van der Waals surface area (Å²) in [6.07, 6.45) is -1.63. The van der Waals surface area contributed by atoms with Gasteiger partial charge in [0.2, 0.25) is 5.88 Å². The van der Waals surface area contributed by atoms with Gasteiger partial charge in [0, 0.05) is 36.8 Å². The molecule has 0 aliphatic rings. The molecule has 0 radical (unpaired) electrons. The highest BCUT2D eigenvalue weighted by atomic mass is 19.4. The fraction of sp³-hybridized carbons (Fsp3) is 0.368. The zero-order chi connectivity index (χ0) is 21.4. The van der Waals surface area contributed by atoms with Crippen LogP contribution in [0.1, 0.15) is 34.6 Å². The monoisotopic (exact) mass is 411 g/mol. The summed E-state index contributed by atoms with van der Waals surface area (Å²) in [5, 5.41) is 2.76. The number of pyridine rings is 2. The maximum atomic E-state index is 12.5. The van der Waals surface area contributed by atoms with Gasteiger partial charge in [-0.15, -0.1) is 0 Å². The lowest BCUT2D eigenvalue weighted by atomic mass is 10.1. The predicted molar refractivity (Wildman–Crippen MR) is 96.5 cm³/mol. The molecule has 2 aromatic heterocycles. The molecule has 2 aromatic rings. The van der Waals surface area contributed by atoms with Gasteiger partial charge in [0.15, 0.2) is 12.4 Å². The molecular formula is C19H20F3N3O4. The average molecular weight is 411 g/mol. The summed E-state index contributed by atoms with van der Waals surface area (Å²) in [7, 11) is 1.42. The first kappa shape index (κ1) is 22.3. The molecule has 1 amide bonds. The van der Waals surface area contributed by atoms with E-state index in [1.165, 1.54) is 43.8 Å². The maximum absolute atomic E-state index is 12.5. The van der Waals surface area contributed by atoms with Crippen molar-refractivity contribution in [3.8, 4) is 5.88 Å². The van der Waals surface area contributed by atoms with E-state index in [1.807, 2.05) is 0 Å². The first-order valence-corrected chi connectivity index (χ1v) is 8.60. The number of alkyl halides is 3. The zero-order valence-corrected chi connectivity index (χ0v) is 15.8. The number of Topliss-reactive ketones (excluding diaryl/α,β-unsaturated/α-hetero) is 1. The minimum absolute atomic E-state index is 0.0369. The molecule has 0 saturated carbocycles. The van der Waals surface area contributed by atoms with Crippen molar-refractivity contribution in [2.24, 2.45) is 0 Å². The third kappa shape index (κ3) is 7.49. The summed E-state index contributed by atoms with van der Waals surface area (Å²) in [5.74, 6) is -0.716. The molecule has 2 rings (SSSR count). The lowest BCUT2D eigenvalue weighted by Crippen LogP contribution is -2.27. The molecule has 7 nitrogen and oxygen atoms in total. The average Bonchev–Trinajstić information content (AvgIpc) is 2.66. The smallest absolute Gasteiger partial charge is 0.422 e. The van der Waals surface area contributed by atoms with Crippen LogP contribution in [0, 0.1) is 0 Å². The van der Waals surface area contributed by atoms with Crippen molar-refractivity contribution in [3.63, 3.8) is 0 Å². The minimum atomic E-state index is -4.45. The van der Waals surface area contributed by atoms with Gasteiger partial charge in [0.25, 0.3) is 5.91 Å². The quantitative estimate of drug-likeness (QED) is 0.682. The van der Waals surface area contributed by atoms with Gasteiger partial charge in [-0.2, -0.15) is 13.2 Å². The van der Waals surface area contributed by atoms with E-state index in [4.69, 9.17) is 4.74 Å². The SMILES string of the molecule is COCC(=O)Cc1cc(C(=O)NC(C)c2ccc(OCC(F)(F)F)nc2)ccn1. The number of halogens is 3. The third-order valence-corrected chi connectivity index (χ3v) is 3.75. The van der Waals surface area contributed by atoms with Crippen molar-refractivity contribution in [2.75, 3.05) is 20.3 Å². The van der Waals surface area contributed by atoms with Crippen molar-refractivity contribution in [1.82, 2.24) is 15.3 Å². The van der Waals surface area contributed by atoms with Crippen molar-refractivity contribution < 1.29 is 32.2 Å². The van der Waals surface area contributed by atoms with Crippen LogP contribution in [0.15, 0.2) is 36.7 Å². The van der Waals surface area contributed by atoms with Crippen LogP contribution in [-0.2, 0) is 16.0 Å². The zero-order valence-electron chi connectivity index (χ0n) is 15.8. The maximum Gasteiger partial charge on any atom is 0.422 e. The summed E-state index contributed by atoms with van der Waals surface area (Å²) in [5.41, 5.74) is 1.35. The Balaban J connectivity index is 1.97. The Hall–Kier alpha value is -3.01. The number of rotatable bonds is 9. The summed E-state index contributed by atoms with van der Waals surface area (Å²) >= 11 is 0. The van der Waals surface area contributed by atoms with Crippen LogP contribution in [0.2, 0.25) is 0 Å². The van der Waals surface area contributed by atoms with Crippen LogP contribution in [0.3, 0.4) is 0 Å². The highest BCUT2D eigenvalue weighted by Crippen LogP contribution is 2.19. The molecule has 0 fully saturated rings. The minimum Gasteiger partial charge on any atom is -0.468 e. The predicted octanol–water partition coefficient (Wildman–Crippen LogP) is 2.67. The molecule has 10 heteroatoms. The second-order valence-corrected chi connectivity index (χ2v) is 6.21. The second-order valence-electron chi connectivity index (χ2n) is 6.21. The van der Waals surface area contributed by atoms with E-state index in [-0.39, 0.29) is 24.7 Å². The lowest BCUT2D eigenvalue weighted by Gasteiger charge is -2.15. The van der Waals surface area contributed by atoms with Crippen LogP contribution >= 0.6 is 0 Å². The molecule has 0 saturated heterocycles. The Morgan fingerprint density at radius 1 is 1.21 bits per heavy atom. The van der Waals surface area contributed by atoms with Crippen molar-refractivity contribution >= 4 is 11.7 Å². The molecule has 0 aromatic carbocycles. The second kappa shape index (κ2) is 9.97. The Kier molecular flexibility index (Phi) is 7.66. The molecular weight excluding hydrogens is 391 g/mol. The number of amides is 1. The topological polar surface area (TPSA) is 90.4 Å². The van der Waals surface area contributed by atoms with Gasteiger partial charge < -0.3 is 14.8 Å². The van der Waals surface area contributed by atoms with Crippen LogP contribution in [-0.4, -0.2) is 48.2 Å². The van der Waals surface area contributed by atoms with Crippen LogP contribution in [0.4, 0.5) is 13.2 Å². The van der Waals surface area contributed by atoms with Gasteiger partial charge in [0.05, 0.1) is 12.5 Å². The number of nitrogens with zero attached hydrogens (tertiary/aromatic N) is 2. The van der Waals surface area contributed by atoms with Crippen LogP contribution in [0.5, 0.6) is 5.88 Å². The molecule has 2 heterocycles. The van der Waals surface area contributed by atoms with E-state index in [9.17, 15) is 22.8 Å². The van der Waals surface area contributed by atoms with E-state index >= 15 is 0 Å². The van der Waals surface area contributed by atoms with Gasteiger partial charge in [-0.25, -0.2) is 4.98 Å². The van der Waals surface area contributed by atoms with Crippen LogP contribution in [0.25, 0.3) is 0 Å². The van der Waals surface area contributed by atoms with Gasteiger partial charge >= 0.3 is 6.18 Å². The molecule has 0 bridgehead atoms. The number of aromatic nitrogens is 2. The van der Waals surface area contributed by atoms with Crippen LogP contribution < -0.4 is 10.1 Å². The van der Waals surface area contributed by atoms with Crippen molar-refractivity contribution in [3.05, 3.63) is 53.5 Å². The van der Waals surface area contributed by atoms with Gasteiger partial charge in [-0.1, -0.05) is 6.07 Å². The highest BCUT2D eigenvalue weighted by Gasteiger charge is 2.28. The van der Waals surface area contributed by atoms with Crippen molar-refractivity contribution in [2.45, 2.75) is 25.6 Å². The largest absolute Gasteiger partial charge is 0.468 e. The molecule has 0 aliphatic carbocycles. The summed E-state index contributed by atoms with van der Waals surface area (Å²) in [4.78, 5) is 32.0. The summed E-state index contributed by atoms with van der Waals surface area (Å²) < 4.78 is 45.8. The van der Waals surface area contributed by atoms with Gasteiger partial charge in [-0.3, -0.25) is 14.6 Å². The van der Waals surface area contributed by atoms with E-state index in [1.54, 1.807) is 6.92 Å². The van der Waals surface area contributed by atoms with Gasteiger partial charge in [0.1, 0.15) is 6.61 Å². The molecule has 1 unspecified atom stereocenters. The fourth-order valence-electron chi connectivity index (χ4n) is 2.38.